The minimum Gasteiger partial charge on any atom is -0.490 e. The smallest absolute Gasteiger partial charge is 0.234 e. The van der Waals surface area contributed by atoms with Gasteiger partial charge in [0.25, 0.3) is 0 Å². The summed E-state index contributed by atoms with van der Waals surface area (Å²) >= 11 is 3.48. The number of aromatic nitrogens is 1. The number of nitrogens with two attached hydrogens (primary N) is 1. The first kappa shape index (κ1) is 14.8. The van der Waals surface area contributed by atoms with Crippen molar-refractivity contribution in [1.29, 1.82) is 0 Å². The summed E-state index contributed by atoms with van der Waals surface area (Å²) in [6, 6.07) is 7.58. The Morgan fingerprint density at radius 2 is 2.05 bits per heavy atom. The molecule has 0 atom stereocenters. The van der Waals surface area contributed by atoms with Crippen molar-refractivity contribution < 1.29 is 9.47 Å². The summed E-state index contributed by atoms with van der Waals surface area (Å²) in [5, 5.41) is 0. The minimum atomic E-state index is 0.465. The second kappa shape index (κ2) is 6.72. The number of nitrogens with zero attached hydrogens (tertiary/aromatic N) is 1. The Morgan fingerprint density at radius 3 is 2.75 bits per heavy atom. The average molecular weight is 337 g/mol. The molecular formula is C15H17BrN2O2. The molecule has 0 spiro atoms. The van der Waals surface area contributed by atoms with Gasteiger partial charge < -0.3 is 15.2 Å². The third-order valence-corrected chi connectivity index (χ3v) is 3.77. The van der Waals surface area contributed by atoms with Gasteiger partial charge in [-0.15, -0.1) is 0 Å². The maximum atomic E-state index is 5.85. The van der Waals surface area contributed by atoms with Gasteiger partial charge in [0.15, 0.2) is 11.5 Å². The van der Waals surface area contributed by atoms with Crippen LogP contribution >= 0.6 is 15.9 Å². The van der Waals surface area contributed by atoms with Crippen molar-refractivity contribution in [2.45, 2.75) is 20.4 Å². The quantitative estimate of drug-likeness (QED) is 0.902. The van der Waals surface area contributed by atoms with E-state index in [2.05, 4.69) is 20.9 Å². The monoisotopic (exact) mass is 336 g/mol. The van der Waals surface area contributed by atoms with Crippen LogP contribution in [0, 0.1) is 6.92 Å². The molecule has 2 aromatic rings. The first-order valence-electron chi connectivity index (χ1n) is 6.40. The molecule has 1 heterocycles. The molecule has 0 aliphatic heterocycles. The molecule has 106 valence electrons. The van der Waals surface area contributed by atoms with Crippen LogP contribution in [0.15, 0.2) is 34.9 Å². The van der Waals surface area contributed by atoms with Gasteiger partial charge in [0, 0.05) is 12.7 Å². The normalized spacial score (nSPS) is 10.4. The maximum Gasteiger partial charge on any atom is 0.234 e. The molecule has 0 fully saturated rings. The van der Waals surface area contributed by atoms with E-state index >= 15 is 0 Å². The fourth-order valence-corrected chi connectivity index (χ4v) is 2.04. The average Bonchev–Trinajstić information content (AvgIpc) is 2.46. The van der Waals surface area contributed by atoms with Gasteiger partial charge in [-0.3, -0.25) is 0 Å². The van der Waals surface area contributed by atoms with Gasteiger partial charge in [0.1, 0.15) is 0 Å². The molecule has 0 amide bonds. The van der Waals surface area contributed by atoms with E-state index in [1.165, 1.54) is 0 Å². The largest absolute Gasteiger partial charge is 0.490 e. The lowest BCUT2D eigenvalue weighted by atomic mass is 10.2. The number of ether oxygens (including phenoxy) is 2. The molecular weight excluding hydrogens is 320 g/mol. The van der Waals surface area contributed by atoms with Crippen molar-refractivity contribution in [3.05, 3.63) is 46.1 Å². The number of benzene rings is 1. The van der Waals surface area contributed by atoms with E-state index in [9.17, 15) is 0 Å². The zero-order valence-electron chi connectivity index (χ0n) is 11.5. The van der Waals surface area contributed by atoms with Gasteiger partial charge >= 0.3 is 0 Å². The standard InChI is InChI=1S/C15H17BrN2O2/c1-3-19-13-8-11(9-17)4-5-12(13)20-15-14(16)10(2)6-7-18-15/h4-8H,3,9,17H2,1-2H3. The Morgan fingerprint density at radius 1 is 1.25 bits per heavy atom. The summed E-state index contributed by atoms with van der Waals surface area (Å²) in [6.45, 7) is 4.94. The lowest BCUT2D eigenvalue weighted by molar-refractivity contribution is 0.318. The number of hydrogen-bond acceptors (Lipinski definition) is 4. The van der Waals surface area contributed by atoms with Crippen LogP contribution in [0.1, 0.15) is 18.1 Å². The third kappa shape index (κ3) is 3.29. The lowest BCUT2D eigenvalue weighted by Gasteiger charge is -2.13. The highest BCUT2D eigenvalue weighted by Gasteiger charge is 2.11. The SMILES string of the molecule is CCOc1cc(CN)ccc1Oc1nccc(C)c1Br. The summed E-state index contributed by atoms with van der Waals surface area (Å²) in [7, 11) is 0. The predicted molar refractivity (Wildman–Crippen MR) is 82.3 cm³/mol. The summed E-state index contributed by atoms with van der Waals surface area (Å²) in [5.41, 5.74) is 7.70. The molecule has 2 N–H and O–H groups in total. The van der Waals surface area contributed by atoms with E-state index in [1.54, 1.807) is 6.20 Å². The highest BCUT2D eigenvalue weighted by Crippen LogP contribution is 2.35. The summed E-state index contributed by atoms with van der Waals surface area (Å²) < 4.78 is 12.3. The van der Waals surface area contributed by atoms with E-state index in [-0.39, 0.29) is 0 Å². The van der Waals surface area contributed by atoms with Crippen molar-refractivity contribution in [2.75, 3.05) is 6.61 Å². The first-order valence-corrected chi connectivity index (χ1v) is 7.19. The highest BCUT2D eigenvalue weighted by molar-refractivity contribution is 9.10. The Bertz CT molecular complexity index is 602. The summed E-state index contributed by atoms with van der Waals surface area (Å²) in [5.74, 6) is 1.82. The number of pyridine rings is 1. The molecule has 0 radical (unpaired) electrons. The molecule has 5 heteroatoms. The zero-order valence-corrected chi connectivity index (χ0v) is 13.1. The van der Waals surface area contributed by atoms with Crippen LogP contribution in [0.2, 0.25) is 0 Å². The van der Waals surface area contributed by atoms with E-state index in [1.807, 2.05) is 38.1 Å². The molecule has 4 nitrogen and oxygen atoms in total. The van der Waals surface area contributed by atoms with Gasteiger partial charge in [-0.2, -0.15) is 0 Å². The molecule has 1 aromatic carbocycles. The fraction of sp³-hybridized carbons (Fsp3) is 0.267. The molecule has 0 unspecified atom stereocenters. The zero-order chi connectivity index (χ0) is 14.5. The fourth-order valence-electron chi connectivity index (χ4n) is 1.72. The van der Waals surface area contributed by atoms with E-state index in [0.29, 0.717) is 30.5 Å². The van der Waals surface area contributed by atoms with Crippen molar-refractivity contribution in [3.8, 4) is 17.4 Å². The molecule has 2 rings (SSSR count). The molecule has 20 heavy (non-hydrogen) atoms. The number of rotatable bonds is 5. The van der Waals surface area contributed by atoms with Gasteiger partial charge in [-0.05, 0) is 59.1 Å². The van der Waals surface area contributed by atoms with Gasteiger partial charge in [0.2, 0.25) is 5.88 Å². The Kier molecular flexibility index (Phi) is 4.98. The third-order valence-electron chi connectivity index (χ3n) is 2.80. The Labute approximate surface area is 127 Å². The number of hydrogen-bond donors (Lipinski definition) is 1. The minimum absolute atomic E-state index is 0.465. The van der Waals surface area contributed by atoms with Crippen molar-refractivity contribution in [3.63, 3.8) is 0 Å². The van der Waals surface area contributed by atoms with Crippen LogP contribution in [0.3, 0.4) is 0 Å². The number of aryl methyl sites for hydroxylation is 1. The Balaban J connectivity index is 2.34. The van der Waals surface area contributed by atoms with Crippen LogP contribution in [-0.4, -0.2) is 11.6 Å². The van der Waals surface area contributed by atoms with E-state index in [4.69, 9.17) is 15.2 Å². The molecule has 1 aromatic heterocycles. The van der Waals surface area contributed by atoms with Crippen LogP contribution in [-0.2, 0) is 6.54 Å². The first-order chi connectivity index (χ1) is 9.65. The lowest BCUT2D eigenvalue weighted by Crippen LogP contribution is -2.00. The van der Waals surface area contributed by atoms with E-state index < -0.39 is 0 Å². The van der Waals surface area contributed by atoms with Crippen LogP contribution in [0.5, 0.6) is 17.4 Å². The van der Waals surface area contributed by atoms with E-state index in [0.717, 1.165) is 15.6 Å². The highest BCUT2D eigenvalue weighted by atomic mass is 79.9. The topological polar surface area (TPSA) is 57.4 Å². The van der Waals surface area contributed by atoms with Crippen LogP contribution in [0.4, 0.5) is 0 Å². The number of halogens is 1. The molecule has 0 aliphatic carbocycles. The Hall–Kier alpha value is -1.59. The van der Waals surface area contributed by atoms with Crippen LogP contribution < -0.4 is 15.2 Å². The predicted octanol–water partition coefficient (Wildman–Crippen LogP) is 3.80. The second-order valence-corrected chi connectivity index (χ2v) is 5.06. The summed E-state index contributed by atoms with van der Waals surface area (Å²) in [4.78, 5) is 4.23. The van der Waals surface area contributed by atoms with Gasteiger partial charge in [0.05, 0.1) is 11.1 Å². The van der Waals surface area contributed by atoms with Crippen molar-refractivity contribution in [1.82, 2.24) is 4.98 Å². The summed E-state index contributed by atoms with van der Waals surface area (Å²) in [6.07, 6.45) is 1.71. The van der Waals surface area contributed by atoms with Crippen molar-refractivity contribution in [2.24, 2.45) is 5.73 Å². The molecule has 0 saturated carbocycles. The maximum absolute atomic E-state index is 5.85. The second-order valence-electron chi connectivity index (χ2n) is 4.27. The van der Waals surface area contributed by atoms with Crippen LogP contribution in [0.25, 0.3) is 0 Å². The van der Waals surface area contributed by atoms with Gasteiger partial charge in [-0.25, -0.2) is 4.98 Å². The molecule has 0 aliphatic rings. The molecule has 0 bridgehead atoms. The van der Waals surface area contributed by atoms with Crippen molar-refractivity contribution >= 4 is 15.9 Å². The van der Waals surface area contributed by atoms with Gasteiger partial charge in [-0.1, -0.05) is 6.07 Å². The molecule has 0 saturated heterocycles.